The molecule has 25 heavy (non-hydrogen) atoms. The van der Waals surface area contributed by atoms with Crippen LogP contribution in [-0.4, -0.2) is 28.9 Å². The van der Waals surface area contributed by atoms with E-state index < -0.39 is 5.97 Å². The van der Waals surface area contributed by atoms with Crippen molar-refractivity contribution in [1.82, 2.24) is 4.98 Å². The van der Waals surface area contributed by atoms with E-state index in [1.165, 1.54) is 18.5 Å². The predicted molar refractivity (Wildman–Crippen MR) is 97.5 cm³/mol. The molecule has 0 aliphatic heterocycles. The molecule has 0 fully saturated rings. The summed E-state index contributed by atoms with van der Waals surface area (Å²) in [4.78, 5) is 15.3. The molecule has 0 saturated carbocycles. The number of anilines is 2. The Hall–Kier alpha value is -3.35. The number of allylic oxidation sites excluding steroid dienone is 2. The second kappa shape index (κ2) is 7.96. The van der Waals surface area contributed by atoms with Gasteiger partial charge in [0.1, 0.15) is 5.75 Å². The molecular formula is C18H20N4O3. The summed E-state index contributed by atoms with van der Waals surface area (Å²) in [6.07, 6.45) is 2.84. The summed E-state index contributed by atoms with van der Waals surface area (Å²) in [5, 5.41) is 23.5. The number of nitrogens with one attached hydrogen (secondary N) is 3. The van der Waals surface area contributed by atoms with Crippen molar-refractivity contribution in [2.75, 3.05) is 17.7 Å². The van der Waals surface area contributed by atoms with Gasteiger partial charge in [0.05, 0.1) is 36.0 Å². The van der Waals surface area contributed by atoms with Gasteiger partial charge in [-0.15, -0.1) is 0 Å². The number of carbonyl (C=O) groups is 1. The zero-order chi connectivity index (χ0) is 18.4. The van der Waals surface area contributed by atoms with E-state index in [1.807, 2.05) is 24.3 Å². The van der Waals surface area contributed by atoms with E-state index >= 15 is 0 Å². The van der Waals surface area contributed by atoms with Crippen LogP contribution in [0, 0.1) is 5.41 Å². The molecular weight excluding hydrogens is 320 g/mol. The zero-order valence-electron chi connectivity index (χ0n) is 14.3. The van der Waals surface area contributed by atoms with Gasteiger partial charge in [0.2, 0.25) is 0 Å². The minimum atomic E-state index is -1.06. The average Bonchev–Trinajstić information content (AvgIpc) is 2.60. The van der Waals surface area contributed by atoms with Crippen molar-refractivity contribution in [3.05, 3.63) is 59.7 Å². The first-order valence-corrected chi connectivity index (χ1v) is 7.54. The van der Waals surface area contributed by atoms with E-state index in [4.69, 9.17) is 10.1 Å². The Morgan fingerprint density at radius 1 is 1.16 bits per heavy atom. The maximum Gasteiger partial charge on any atom is 0.337 e. The number of rotatable bonds is 7. The van der Waals surface area contributed by atoms with Crippen LogP contribution in [0.2, 0.25) is 0 Å². The van der Waals surface area contributed by atoms with Crippen molar-refractivity contribution in [2.24, 2.45) is 0 Å². The number of aromatic nitrogens is 1. The molecule has 0 spiro atoms. The Morgan fingerprint density at radius 2 is 1.84 bits per heavy atom. The van der Waals surface area contributed by atoms with Crippen molar-refractivity contribution < 1.29 is 14.6 Å². The fourth-order valence-corrected chi connectivity index (χ4v) is 2.24. The van der Waals surface area contributed by atoms with E-state index in [0.717, 1.165) is 11.4 Å². The summed E-state index contributed by atoms with van der Waals surface area (Å²) < 4.78 is 5.13. The standard InChI is InChI=1S/C18H20N4O3/c1-11(19)17(22-16-10-20-9-8-15(16)18(23)24)12(2)21-13-4-6-14(25-3)7-5-13/h4-10,19,21-22H,1-3H3,(H,23,24)/b17-12+,19-11?. The van der Waals surface area contributed by atoms with Crippen LogP contribution in [0.1, 0.15) is 24.2 Å². The van der Waals surface area contributed by atoms with Crippen molar-refractivity contribution in [3.8, 4) is 5.75 Å². The molecule has 4 N–H and O–H groups in total. The first kappa shape index (κ1) is 18.0. The molecule has 0 saturated heterocycles. The van der Waals surface area contributed by atoms with E-state index in [9.17, 15) is 9.90 Å². The van der Waals surface area contributed by atoms with Crippen LogP contribution >= 0.6 is 0 Å². The molecule has 2 rings (SSSR count). The van der Waals surface area contributed by atoms with Crippen molar-refractivity contribution in [3.63, 3.8) is 0 Å². The molecule has 1 heterocycles. The number of ether oxygens (including phenoxy) is 1. The molecule has 0 aliphatic carbocycles. The molecule has 1 aromatic heterocycles. The summed E-state index contributed by atoms with van der Waals surface area (Å²) in [6, 6.07) is 8.76. The van der Waals surface area contributed by atoms with Crippen LogP contribution < -0.4 is 15.4 Å². The number of nitrogens with zero attached hydrogens (tertiary/aromatic N) is 1. The summed E-state index contributed by atoms with van der Waals surface area (Å²) in [5.74, 6) is -0.317. The Morgan fingerprint density at radius 3 is 2.40 bits per heavy atom. The third-order valence-corrected chi connectivity index (χ3v) is 3.48. The largest absolute Gasteiger partial charge is 0.497 e. The monoisotopic (exact) mass is 340 g/mol. The normalized spacial score (nSPS) is 11.3. The van der Waals surface area contributed by atoms with Gasteiger partial charge in [0.25, 0.3) is 0 Å². The second-order valence-corrected chi connectivity index (χ2v) is 5.33. The van der Waals surface area contributed by atoms with Gasteiger partial charge in [-0.1, -0.05) is 0 Å². The molecule has 2 aromatic rings. The van der Waals surface area contributed by atoms with Gasteiger partial charge in [-0.05, 0) is 44.2 Å². The molecule has 130 valence electrons. The summed E-state index contributed by atoms with van der Waals surface area (Å²) in [5.41, 5.74) is 2.66. The summed E-state index contributed by atoms with van der Waals surface area (Å²) >= 11 is 0. The van der Waals surface area contributed by atoms with Gasteiger partial charge < -0.3 is 25.9 Å². The number of aromatic carboxylic acids is 1. The van der Waals surface area contributed by atoms with Crippen LogP contribution in [-0.2, 0) is 0 Å². The first-order chi connectivity index (χ1) is 11.9. The van der Waals surface area contributed by atoms with Gasteiger partial charge in [-0.2, -0.15) is 0 Å². The Kier molecular flexibility index (Phi) is 5.73. The molecule has 0 radical (unpaired) electrons. The van der Waals surface area contributed by atoms with Gasteiger partial charge >= 0.3 is 5.97 Å². The Labute approximate surface area is 145 Å². The highest BCUT2D eigenvalue weighted by molar-refractivity contribution is 6.02. The lowest BCUT2D eigenvalue weighted by Gasteiger charge is -2.17. The minimum absolute atomic E-state index is 0.0889. The van der Waals surface area contributed by atoms with Gasteiger partial charge in [-0.25, -0.2) is 4.79 Å². The molecule has 0 bridgehead atoms. The van der Waals surface area contributed by atoms with Gasteiger partial charge in [0.15, 0.2) is 0 Å². The molecule has 1 aromatic carbocycles. The SMILES string of the molecule is COc1ccc(N/C(C)=C(/Nc2cnccc2C(=O)O)C(C)=N)cc1. The fraction of sp³-hybridized carbons (Fsp3) is 0.167. The highest BCUT2D eigenvalue weighted by Gasteiger charge is 2.13. The first-order valence-electron chi connectivity index (χ1n) is 7.54. The van der Waals surface area contributed by atoms with Gasteiger partial charge in [-0.3, -0.25) is 4.98 Å². The highest BCUT2D eigenvalue weighted by Crippen LogP contribution is 2.21. The van der Waals surface area contributed by atoms with E-state index in [0.29, 0.717) is 17.1 Å². The number of carboxylic acid groups (broad SMARTS) is 1. The Bertz CT molecular complexity index is 813. The van der Waals surface area contributed by atoms with E-state index in [-0.39, 0.29) is 11.3 Å². The lowest BCUT2D eigenvalue weighted by molar-refractivity contribution is 0.0698. The van der Waals surface area contributed by atoms with Crippen LogP contribution in [0.4, 0.5) is 11.4 Å². The number of hydrogen-bond donors (Lipinski definition) is 4. The minimum Gasteiger partial charge on any atom is -0.497 e. The molecule has 0 aliphatic rings. The molecule has 0 unspecified atom stereocenters. The lowest BCUT2D eigenvalue weighted by Crippen LogP contribution is -2.16. The number of hydrogen-bond acceptors (Lipinski definition) is 6. The number of carboxylic acids is 1. The third kappa shape index (κ3) is 4.57. The van der Waals surface area contributed by atoms with E-state index in [1.54, 1.807) is 21.0 Å². The van der Waals surface area contributed by atoms with Crippen molar-refractivity contribution >= 4 is 23.1 Å². The zero-order valence-corrected chi connectivity index (χ0v) is 14.3. The average molecular weight is 340 g/mol. The van der Waals surface area contributed by atoms with Crippen molar-refractivity contribution in [2.45, 2.75) is 13.8 Å². The van der Waals surface area contributed by atoms with Crippen LogP contribution in [0.25, 0.3) is 0 Å². The Balaban J connectivity index is 2.31. The summed E-state index contributed by atoms with van der Waals surface area (Å²) in [6.45, 7) is 3.43. The molecule has 0 amide bonds. The number of pyridine rings is 1. The maximum absolute atomic E-state index is 11.3. The molecule has 0 atom stereocenters. The van der Waals surface area contributed by atoms with E-state index in [2.05, 4.69) is 15.6 Å². The third-order valence-electron chi connectivity index (χ3n) is 3.48. The fourth-order valence-electron chi connectivity index (χ4n) is 2.24. The smallest absolute Gasteiger partial charge is 0.337 e. The second-order valence-electron chi connectivity index (χ2n) is 5.33. The highest BCUT2D eigenvalue weighted by atomic mass is 16.5. The predicted octanol–water partition coefficient (Wildman–Crippen LogP) is 3.58. The maximum atomic E-state index is 11.3. The van der Waals surface area contributed by atoms with Gasteiger partial charge in [0, 0.05) is 17.6 Å². The molecule has 7 nitrogen and oxygen atoms in total. The number of benzene rings is 1. The van der Waals surface area contributed by atoms with Crippen LogP contribution in [0.15, 0.2) is 54.1 Å². The topological polar surface area (TPSA) is 107 Å². The quantitative estimate of drug-likeness (QED) is 0.574. The molecule has 7 heteroatoms. The number of methoxy groups -OCH3 is 1. The summed E-state index contributed by atoms with van der Waals surface area (Å²) in [7, 11) is 1.60. The van der Waals surface area contributed by atoms with Crippen LogP contribution in [0.3, 0.4) is 0 Å². The van der Waals surface area contributed by atoms with Crippen molar-refractivity contribution in [1.29, 1.82) is 5.41 Å². The lowest BCUT2D eigenvalue weighted by atomic mass is 10.2. The van der Waals surface area contributed by atoms with Crippen LogP contribution in [0.5, 0.6) is 5.75 Å².